The molecule has 3 atom stereocenters. The Labute approximate surface area is 116 Å². The van der Waals surface area contributed by atoms with Gasteiger partial charge in [0.2, 0.25) is 0 Å². The number of amides is 2. The fraction of sp³-hybridized carbons (Fsp3) is 0.933. The summed E-state index contributed by atoms with van der Waals surface area (Å²) in [6.45, 7) is 8.10. The predicted octanol–water partition coefficient (Wildman–Crippen LogP) is 2.77. The van der Waals surface area contributed by atoms with Crippen LogP contribution in [0.1, 0.15) is 52.9 Å². The summed E-state index contributed by atoms with van der Waals surface area (Å²) in [5, 5.41) is 3.07. The largest absolute Gasteiger partial charge is 0.376 e. The van der Waals surface area contributed by atoms with E-state index in [9.17, 15) is 4.79 Å². The zero-order valence-electron chi connectivity index (χ0n) is 12.5. The van der Waals surface area contributed by atoms with E-state index in [1.807, 2.05) is 0 Å². The van der Waals surface area contributed by atoms with Gasteiger partial charge in [-0.25, -0.2) is 4.79 Å². The number of urea groups is 1. The van der Waals surface area contributed by atoms with Crippen LogP contribution in [0.25, 0.3) is 0 Å². The summed E-state index contributed by atoms with van der Waals surface area (Å²) < 4.78 is 5.56. The van der Waals surface area contributed by atoms with Crippen molar-refractivity contribution < 1.29 is 9.53 Å². The minimum absolute atomic E-state index is 0.103. The second-order valence-electron chi connectivity index (χ2n) is 6.09. The SMILES string of the molecule is CC[C@H](C)[C@@H](C)N(C(=O)NC[C@@H]1CCCO1)C1CC1. The van der Waals surface area contributed by atoms with Gasteiger partial charge in [-0.3, -0.25) is 0 Å². The number of nitrogens with zero attached hydrogens (tertiary/aromatic N) is 1. The fourth-order valence-electron chi connectivity index (χ4n) is 2.75. The zero-order chi connectivity index (χ0) is 13.8. The third kappa shape index (κ3) is 3.85. The number of carbonyl (C=O) groups is 1. The Morgan fingerprint density at radius 3 is 2.63 bits per heavy atom. The Bertz CT molecular complexity index is 299. The van der Waals surface area contributed by atoms with Gasteiger partial charge in [0.05, 0.1) is 6.10 Å². The molecular weight excluding hydrogens is 240 g/mol. The number of hydrogen-bond donors (Lipinski definition) is 1. The molecule has 4 heteroatoms. The number of carbonyl (C=O) groups excluding carboxylic acids is 1. The molecule has 0 bridgehead atoms. The monoisotopic (exact) mass is 268 g/mol. The second-order valence-corrected chi connectivity index (χ2v) is 6.09. The fourth-order valence-corrected chi connectivity index (χ4v) is 2.75. The third-order valence-electron chi connectivity index (χ3n) is 4.59. The molecule has 1 aliphatic heterocycles. The van der Waals surface area contributed by atoms with Crippen LogP contribution in [0.2, 0.25) is 0 Å². The lowest BCUT2D eigenvalue weighted by Crippen LogP contribution is -2.50. The van der Waals surface area contributed by atoms with E-state index >= 15 is 0 Å². The second kappa shape index (κ2) is 6.60. The predicted molar refractivity (Wildman–Crippen MR) is 76.2 cm³/mol. The standard InChI is InChI=1S/C15H28N2O2/c1-4-11(2)12(3)17(13-7-8-13)15(18)16-10-14-6-5-9-19-14/h11-14H,4-10H2,1-3H3,(H,16,18)/t11-,12+,14-/m0/s1. The van der Waals surface area contributed by atoms with Crippen molar-refractivity contribution in [2.24, 2.45) is 5.92 Å². The number of ether oxygens (including phenoxy) is 1. The molecule has 0 radical (unpaired) electrons. The van der Waals surface area contributed by atoms with Gasteiger partial charge in [0, 0.05) is 25.2 Å². The van der Waals surface area contributed by atoms with Crippen LogP contribution in [0.15, 0.2) is 0 Å². The van der Waals surface area contributed by atoms with Crippen molar-refractivity contribution in [3.05, 3.63) is 0 Å². The maximum atomic E-state index is 12.4. The Morgan fingerprint density at radius 2 is 2.11 bits per heavy atom. The van der Waals surface area contributed by atoms with Gasteiger partial charge in [-0.1, -0.05) is 20.3 Å². The van der Waals surface area contributed by atoms with Crippen LogP contribution < -0.4 is 5.32 Å². The molecule has 4 nitrogen and oxygen atoms in total. The van der Waals surface area contributed by atoms with E-state index in [0.717, 1.165) is 38.7 Å². The lowest BCUT2D eigenvalue weighted by Gasteiger charge is -2.33. The highest BCUT2D eigenvalue weighted by Gasteiger charge is 2.37. The van der Waals surface area contributed by atoms with Crippen molar-refractivity contribution in [2.45, 2.75) is 71.1 Å². The summed E-state index contributed by atoms with van der Waals surface area (Å²) in [4.78, 5) is 14.5. The average molecular weight is 268 g/mol. The van der Waals surface area contributed by atoms with Crippen LogP contribution in [-0.4, -0.2) is 42.3 Å². The van der Waals surface area contributed by atoms with Crippen molar-refractivity contribution in [2.75, 3.05) is 13.2 Å². The van der Waals surface area contributed by atoms with Crippen molar-refractivity contribution in [3.8, 4) is 0 Å². The summed E-state index contributed by atoms with van der Waals surface area (Å²) in [6, 6.07) is 0.890. The van der Waals surface area contributed by atoms with E-state index in [2.05, 4.69) is 31.0 Å². The van der Waals surface area contributed by atoms with Crippen molar-refractivity contribution in [3.63, 3.8) is 0 Å². The topological polar surface area (TPSA) is 41.6 Å². The normalized spacial score (nSPS) is 25.9. The number of nitrogens with one attached hydrogen (secondary N) is 1. The molecule has 1 saturated heterocycles. The Balaban J connectivity index is 1.85. The van der Waals surface area contributed by atoms with E-state index in [1.165, 1.54) is 0 Å². The van der Waals surface area contributed by atoms with Gasteiger partial charge in [0.1, 0.15) is 0 Å². The van der Waals surface area contributed by atoms with Crippen molar-refractivity contribution >= 4 is 6.03 Å². The Hall–Kier alpha value is -0.770. The molecule has 0 unspecified atom stereocenters. The molecule has 1 aliphatic carbocycles. The van der Waals surface area contributed by atoms with Gasteiger partial charge in [0.25, 0.3) is 0 Å². The van der Waals surface area contributed by atoms with Crippen LogP contribution in [0, 0.1) is 5.92 Å². The molecule has 1 N–H and O–H groups in total. The molecule has 0 aromatic heterocycles. The maximum Gasteiger partial charge on any atom is 0.317 e. The smallest absolute Gasteiger partial charge is 0.317 e. The summed E-state index contributed by atoms with van der Waals surface area (Å²) >= 11 is 0. The van der Waals surface area contributed by atoms with Crippen molar-refractivity contribution in [1.82, 2.24) is 10.2 Å². The highest BCUT2D eigenvalue weighted by Crippen LogP contribution is 2.31. The van der Waals surface area contributed by atoms with Crippen LogP contribution in [0.5, 0.6) is 0 Å². The van der Waals surface area contributed by atoms with E-state index < -0.39 is 0 Å². The molecule has 1 saturated carbocycles. The van der Waals surface area contributed by atoms with Crippen LogP contribution in [-0.2, 0) is 4.74 Å². The Kier molecular flexibility index (Phi) is 5.08. The van der Waals surface area contributed by atoms with Crippen LogP contribution in [0.4, 0.5) is 4.79 Å². The van der Waals surface area contributed by atoms with Gasteiger partial charge in [-0.05, 0) is 38.5 Å². The molecular formula is C15H28N2O2. The minimum atomic E-state index is 0.103. The minimum Gasteiger partial charge on any atom is -0.376 e. The lowest BCUT2D eigenvalue weighted by molar-refractivity contribution is 0.105. The third-order valence-corrected chi connectivity index (χ3v) is 4.59. The van der Waals surface area contributed by atoms with Crippen LogP contribution in [0.3, 0.4) is 0 Å². The molecule has 2 aliphatic rings. The molecule has 110 valence electrons. The first kappa shape index (κ1) is 14.6. The molecule has 0 aromatic carbocycles. The van der Waals surface area contributed by atoms with Gasteiger partial charge in [0.15, 0.2) is 0 Å². The van der Waals surface area contributed by atoms with Gasteiger partial charge in [-0.15, -0.1) is 0 Å². The zero-order valence-corrected chi connectivity index (χ0v) is 12.5. The molecule has 2 rings (SSSR count). The van der Waals surface area contributed by atoms with Gasteiger partial charge >= 0.3 is 6.03 Å². The molecule has 0 aromatic rings. The van der Waals surface area contributed by atoms with Gasteiger partial charge < -0.3 is 15.0 Å². The van der Waals surface area contributed by atoms with Gasteiger partial charge in [-0.2, -0.15) is 0 Å². The number of hydrogen-bond acceptors (Lipinski definition) is 2. The van der Waals surface area contributed by atoms with E-state index in [1.54, 1.807) is 0 Å². The summed E-state index contributed by atoms with van der Waals surface area (Å²) in [5.74, 6) is 0.550. The molecule has 2 fully saturated rings. The summed E-state index contributed by atoms with van der Waals surface area (Å²) in [5.41, 5.74) is 0. The summed E-state index contributed by atoms with van der Waals surface area (Å²) in [6.07, 6.45) is 5.86. The quantitative estimate of drug-likeness (QED) is 0.805. The molecule has 0 spiro atoms. The van der Waals surface area contributed by atoms with Crippen molar-refractivity contribution in [1.29, 1.82) is 0 Å². The highest BCUT2D eigenvalue weighted by atomic mass is 16.5. The Morgan fingerprint density at radius 1 is 1.37 bits per heavy atom. The first-order chi connectivity index (χ1) is 9.13. The number of rotatable bonds is 6. The average Bonchev–Trinajstić information content (AvgIpc) is 3.10. The summed E-state index contributed by atoms with van der Waals surface area (Å²) in [7, 11) is 0. The maximum absolute atomic E-state index is 12.4. The molecule has 19 heavy (non-hydrogen) atoms. The highest BCUT2D eigenvalue weighted by molar-refractivity contribution is 5.75. The van der Waals surface area contributed by atoms with E-state index in [4.69, 9.17) is 4.74 Å². The molecule has 1 heterocycles. The molecule has 2 amide bonds. The van der Waals surface area contributed by atoms with Crippen LogP contribution >= 0.6 is 0 Å². The van der Waals surface area contributed by atoms with E-state index in [0.29, 0.717) is 24.5 Å². The first-order valence-corrected chi connectivity index (χ1v) is 7.81. The first-order valence-electron chi connectivity index (χ1n) is 7.81. The lowest BCUT2D eigenvalue weighted by atomic mass is 9.99. The van der Waals surface area contributed by atoms with E-state index in [-0.39, 0.29) is 12.1 Å².